The number of carbonyl (C=O) groups is 3. The van der Waals surface area contributed by atoms with E-state index in [1.807, 2.05) is 0 Å². The van der Waals surface area contributed by atoms with Gasteiger partial charge in [-0.3, -0.25) is 15.0 Å². The Morgan fingerprint density at radius 2 is 2.08 bits per heavy atom. The van der Waals surface area contributed by atoms with E-state index >= 15 is 0 Å². The van der Waals surface area contributed by atoms with Gasteiger partial charge in [0.1, 0.15) is 0 Å². The van der Waals surface area contributed by atoms with Crippen LogP contribution in [0.3, 0.4) is 0 Å². The topological polar surface area (TPSA) is 106 Å². The summed E-state index contributed by atoms with van der Waals surface area (Å²) in [6.45, 7) is 2.22. The lowest BCUT2D eigenvalue weighted by Crippen LogP contribution is -2.45. The summed E-state index contributed by atoms with van der Waals surface area (Å²) in [4.78, 5) is 36.9. The minimum atomic E-state index is -0.747. The average Bonchev–Trinajstić information content (AvgIpc) is 3.18. The molecule has 1 fully saturated rings. The number of hydrogen-bond acceptors (Lipinski definition) is 6. The van der Waals surface area contributed by atoms with Crippen molar-refractivity contribution in [2.75, 3.05) is 24.8 Å². The monoisotopic (exact) mass is 335 g/mol. The second-order valence-corrected chi connectivity index (χ2v) is 5.28. The van der Waals surface area contributed by atoms with Gasteiger partial charge in [0.05, 0.1) is 12.5 Å². The largest absolute Gasteiger partial charge is 0.454 e. The maximum Gasteiger partial charge on any atom is 0.426 e. The molecule has 0 bridgehead atoms. The van der Waals surface area contributed by atoms with Crippen LogP contribution in [0.1, 0.15) is 13.3 Å². The molecule has 1 saturated heterocycles. The first-order chi connectivity index (χ1) is 11.6. The maximum atomic E-state index is 12.2. The van der Waals surface area contributed by atoms with Crippen LogP contribution in [0, 0.1) is 5.92 Å². The molecule has 2 heterocycles. The molecule has 0 saturated carbocycles. The second kappa shape index (κ2) is 6.65. The first kappa shape index (κ1) is 15.9. The Hall–Kier alpha value is -2.97. The molecule has 1 atom stereocenters. The summed E-state index contributed by atoms with van der Waals surface area (Å²) in [6, 6.07) is 5.17. The highest BCUT2D eigenvalue weighted by Crippen LogP contribution is 2.37. The molecule has 1 unspecified atom stereocenters. The number of anilines is 1. The first-order valence-electron chi connectivity index (χ1n) is 7.51. The van der Waals surface area contributed by atoms with Crippen LogP contribution in [0.5, 0.6) is 11.5 Å². The van der Waals surface area contributed by atoms with E-state index < -0.39 is 17.9 Å². The normalized spacial score (nSPS) is 18.5. The van der Waals surface area contributed by atoms with Gasteiger partial charge in [-0.2, -0.15) is 0 Å². The molecule has 0 radical (unpaired) electrons. The molecule has 1 aromatic rings. The molecule has 1 aromatic carbocycles. The molecule has 2 aliphatic rings. The Morgan fingerprint density at radius 1 is 1.29 bits per heavy atom. The fraction of sp³-hybridized carbons (Fsp3) is 0.400. The van der Waals surface area contributed by atoms with Crippen molar-refractivity contribution in [3.8, 4) is 11.5 Å². The lowest BCUT2D eigenvalue weighted by atomic mass is 10.1. The number of fused-ring (bicyclic) bond motifs is 1. The third kappa shape index (κ3) is 3.19. The zero-order chi connectivity index (χ0) is 17.1. The molecule has 24 heavy (non-hydrogen) atoms. The summed E-state index contributed by atoms with van der Waals surface area (Å²) in [5.74, 6) is 0.00477. The fourth-order valence-corrected chi connectivity index (χ4v) is 2.57. The number of hydrogen-bond donors (Lipinski definition) is 2. The minimum Gasteiger partial charge on any atom is -0.454 e. The van der Waals surface area contributed by atoms with Gasteiger partial charge in [-0.15, -0.1) is 0 Å². The Balaban J connectivity index is 1.61. The van der Waals surface area contributed by atoms with Gasteiger partial charge in [0.2, 0.25) is 18.6 Å². The van der Waals surface area contributed by atoms with E-state index in [1.165, 1.54) is 4.90 Å². The van der Waals surface area contributed by atoms with E-state index in [4.69, 9.17) is 9.47 Å². The van der Waals surface area contributed by atoms with Gasteiger partial charge < -0.3 is 19.1 Å². The Morgan fingerprint density at radius 3 is 2.88 bits per heavy atom. The van der Waals surface area contributed by atoms with E-state index in [0.717, 1.165) is 0 Å². The Kier molecular flexibility index (Phi) is 4.41. The predicted octanol–water partition coefficient (Wildman–Crippen LogP) is 0.545. The van der Waals surface area contributed by atoms with Gasteiger partial charge in [0.25, 0.3) is 0 Å². The third-order valence-electron chi connectivity index (χ3n) is 3.73. The van der Waals surface area contributed by atoms with Crippen molar-refractivity contribution < 1.29 is 28.6 Å². The number of ether oxygens (including phenoxy) is 3. The van der Waals surface area contributed by atoms with Gasteiger partial charge in [0.15, 0.2) is 11.5 Å². The smallest absolute Gasteiger partial charge is 0.426 e. The van der Waals surface area contributed by atoms with Crippen LogP contribution < -0.4 is 25.2 Å². The van der Waals surface area contributed by atoms with Crippen LogP contribution in [0.4, 0.5) is 10.5 Å². The number of carbonyl (C=O) groups excluding carboxylic acids is 3. The van der Waals surface area contributed by atoms with Crippen molar-refractivity contribution in [2.45, 2.75) is 13.3 Å². The van der Waals surface area contributed by atoms with Crippen LogP contribution >= 0.6 is 0 Å². The number of rotatable bonds is 3. The lowest BCUT2D eigenvalue weighted by molar-refractivity contribution is -0.127. The van der Waals surface area contributed by atoms with Crippen molar-refractivity contribution in [3.05, 3.63) is 18.2 Å². The van der Waals surface area contributed by atoms with Gasteiger partial charge in [-0.05, 0) is 19.1 Å². The molecule has 128 valence electrons. The van der Waals surface area contributed by atoms with E-state index in [2.05, 4.69) is 15.6 Å². The van der Waals surface area contributed by atoms with Gasteiger partial charge >= 0.3 is 6.09 Å². The van der Waals surface area contributed by atoms with E-state index in [0.29, 0.717) is 17.2 Å². The third-order valence-corrected chi connectivity index (χ3v) is 3.73. The molecule has 0 aliphatic carbocycles. The highest BCUT2D eigenvalue weighted by Gasteiger charge is 2.35. The predicted molar refractivity (Wildman–Crippen MR) is 81.3 cm³/mol. The van der Waals surface area contributed by atoms with Crippen molar-refractivity contribution in [2.24, 2.45) is 5.92 Å². The van der Waals surface area contributed by atoms with Crippen LogP contribution in [-0.4, -0.2) is 37.9 Å². The average molecular weight is 335 g/mol. The number of amides is 3. The van der Waals surface area contributed by atoms with E-state index in [9.17, 15) is 14.4 Å². The van der Waals surface area contributed by atoms with Gasteiger partial charge in [0, 0.05) is 24.7 Å². The lowest BCUT2D eigenvalue weighted by Gasteiger charge is -2.17. The van der Waals surface area contributed by atoms with Gasteiger partial charge in [-0.25, -0.2) is 10.2 Å². The maximum absolute atomic E-state index is 12.2. The summed E-state index contributed by atoms with van der Waals surface area (Å²) in [7, 11) is 0. The van der Waals surface area contributed by atoms with Crippen LogP contribution in [0.15, 0.2) is 18.2 Å². The minimum absolute atomic E-state index is 0.0603. The van der Waals surface area contributed by atoms with Crippen LogP contribution in [0.25, 0.3) is 0 Å². The first-order valence-corrected chi connectivity index (χ1v) is 7.51. The standard InChI is InChI=1S/C15H17N3O6/c1-2-22-15(21)17-16-14(20)9-5-13(19)18(7-9)10-3-4-11-12(6-10)24-8-23-11/h3-4,6,9H,2,5,7-8H2,1H3,(H,16,20)(H,17,21). The highest BCUT2D eigenvalue weighted by molar-refractivity contribution is 6.00. The van der Waals surface area contributed by atoms with Crippen LogP contribution in [-0.2, 0) is 14.3 Å². The number of hydrazine groups is 1. The molecule has 9 heteroatoms. The number of nitrogens with zero attached hydrogens (tertiary/aromatic N) is 1. The molecule has 2 N–H and O–H groups in total. The van der Waals surface area contributed by atoms with Gasteiger partial charge in [-0.1, -0.05) is 0 Å². The van der Waals surface area contributed by atoms with Crippen LogP contribution in [0.2, 0.25) is 0 Å². The van der Waals surface area contributed by atoms with Crippen molar-refractivity contribution in [1.29, 1.82) is 0 Å². The highest BCUT2D eigenvalue weighted by atomic mass is 16.7. The Labute approximate surface area is 137 Å². The molecule has 2 aliphatic heterocycles. The van der Waals surface area contributed by atoms with Crippen molar-refractivity contribution in [1.82, 2.24) is 10.9 Å². The van der Waals surface area contributed by atoms with Crippen molar-refractivity contribution >= 4 is 23.6 Å². The molecule has 0 aromatic heterocycles. The Bertz CT molecular complexity index is 677. The quantitative estimate of drug-likeness (QED) is 0.781. The summed E-state index contributed by atoms with van der Waals surface area (Å²) in [6.07, 6.45) is -0.687. The summed E-state index contributed by atoms with van der Waals surface area (Å²) < 4.78 is 15.2. The molecule has 9 nitrogen and oxygen atoms in total. The summed E-state index contributed by atoms with van der Waals surface area (Å²) in [5.41, 5.74) is 5.03. The zero-order valence-corrected chi connectivity index (χ0v) is 13.0. The number of nitrogens with one attached hydrogen (secondary N) is 2. The zero-order valence-electron chi connectivity index (χ0n) is 13.0. The molecule has 3 rings (SSSR count). The molecular weight excluding hydrogens is 318 g/mol. The van der Waals surface area contributed by atoms with E-state index in [1.54, 1.807) is 25.1 Å². The van der Waals surface area contributed by atoms with E-state index in [-0.39, 0.29) is 32.3 Å². The second-order valence-electron chi connectivity index (χ2n) is 5.28. The molecular formula is C15H17N3O6. The number of benzene rings is 1. The van der Waals surface area contributed by atoms with Crippen molar-refractivity contribution in [3.63, 3.8) is 0 Å². The fourth-order valence-electron chi connectivity index (χ4n) is 2.57. The SMILES string of the molecule is CCOC(=O)NNC(=O)C1CC(=O)N(c2ccc3c(c2)OCO3)C1. The molecule has 3 amide bonds. The summed E-state index contributed by atoms with van der Waals surface area (Å²) in [5, 5.41) is 0. The summed E-state index contributed by atoms with van der Waals surface area (Å²) >= 11 is 0. The molecule has 0 spiro atoms.